The Balaban J connectivity index is 2.05. The first kappa shape index (κ1) is 13.0. The Morgan fingerprint density at radius 1 is 1.44 bits per heavy atom. The molecule has 1 saturated heterocycles. The third-order valence-corrected chi connectivity index (χ3v) is 3.65. The number of nitrogens with zero attached hydrogens (tertiary/aromatic N) is 2. The van der Waals surface area contributed by atoms with Gasteiger partial charge in [-0.3, -0.25) is 4.79 Å². The topological polar surface area (TPSA) is 33.2 Å². The molecular formula is C14H19FN2O. The average molecular weight is 250 g/mol. The number of aromatic nitrogens is 1. The maximum atomic E-state index is 13.0. The monoisotopic (exact) mass is 250 g/mol. The molecule has 0 radical (unpaired) electrons. The molecule has 1 aromatic heterocycles. The molecule has 1 aliphatic heterocycles. The molecule has 4 heteroatoms. The van der Waals surface area contributed by atoms with Gasteiger partial charge < -0.3 is 4.90 Å². The molecule has 0 aromatic carbocycles. The van der Waals surface area contributed by atoms with Gasteiger partial charge in [-0.05, 0) is 37.3 Å². The summed E-state index contributed by atoms with van der Waals surface area (Å²) in [6.45, 7) is 3.71. The number of carbonyl (C=O) groups excluding carboxylic acids is 1. The van der Waals surface area contributed by atoms with Crippen molar-refractivity contribution >= 4 is 5.91 Å². The summed E-state index contributed by atoms with van der Waals surface area (Å²) < 4.78 is 13.0. The van der Waals surface area contributed by atoms with E-state index in [-0.39, 0.29) is 11.6 Å². The maximum Gasteiger partial charge on any atom is 0.272 e. The highest BCUT2D eigenvalue weighted by atomic mass is 19.1. The molecule has 0 bridgehead atoms. The van der Waals surface area contributed by atoms with Gasteiger partial charge in [-0.25, -0.2) is 4.98 Å². The predicted octanol–water partition coefficient (Wildman–Crippen LogP) is 2.87. The Hall–Kier alpha value is -1.45. The fourth-order valence-electron chi connectivity index (χ4n) is 2.47. The minimum Gasteiger partial charge on any atom is -0.337 e. The van der Waals surface area contributed by atoms with Crippen LogP contribution >= 0.6 is 0 Å². The molecule has 3 nitrogen and oxygen atoms in total. The van der Waals surface area contributed by atoms with E-state index in [0.717, 1.165) is 25.9 Å². The summed E-state index contributed by atoms with van der Waals surface area (Å²) in [5.74, 6) is -0.0309. The van der Waals surface area contributed by atoms with Crippen LogP contribution in [0.25, 0.3) is 0 Å². The zero-order valence-corrected chi connectivity index (χ0v) is 10.7. The molecule has 18 heavy (non-hydrogen) atoms. The van der Waals surface area contributed by atoms with Crippen molar-refractivity contribution < 1.29 is 9.18 Å². The van der Waals surface area contributed by atoms with Gasteiger partial charge in [-0.15, -0.1) is 0 Å². The second kappa shape index (κ2) is 5.94. The zero-order valence-electron chi connectivity index (χ0n) is 10.7. The third kappa shape index (κ3) is 3.06. The predicted molar refractivity (Wildman–Crippen MR) is 67.7 cm³/mol. The second-order valence-electron chi connectivity index (χ2n) is 4.84. The van der Waals surface area contributed by atoms with Gasteiger partial charge in [0, 0.05) is 13.1 Å². The van der Waals surface area contributed by atoms with Gasteiger partial charge in [0.1, 0.15) is 5.69 Å². The zero-order chi connectivity index (χ0) is 13.0. The standard InChI is InChI=1S/C14H19FN2O/c1-2-11-5-4-9-17(10-8-11)14(18)12-6-3-7-13(15)16-12/h3,6-7,11H,2,4-5,8-10H2,1H3. The SMILES string of the molecule is CCC1CCCN(C(=O)c2cccc(F)n2)CC1. The fraction of sp³-hybridized carbons (Fsp3) is 0.571. The number of likely N-dealkylation sites (tertiary alicyclic amines) is 1. The molecule has 1 amide bonds. The molecule has 0 N–H and O–H groups in total. The van der Waals surface area contributed by atoms with Crippen molar-refractivity contribution in [1.29, 1.82) is 0 Å². The van der Waals surface area contributed by atoms with Crippen LogP contribution in [-0.2, 0) is 0 Å². The summed E-state index contributed by atoms with van der Waals surface area (Å²) in [4.78, 5) is 17.7. The molecular weight excluding hydrogens is 231 g/mol. The number of hydrogen-bond donors (Lipinski definition) is 0. The van der Waals surface area contributed by atoms with Crippen molar-refractivity contribution in [2.75, 3.05) is 13.1 Å². The van der Waals surface area contributed by atoms with E-state index in [1.54, 1.807) is 11.0 Å². The fourth-order valence-corrected chi connectivity index (χ4v) is 2.47. The molecule has 0 aliphatic carbocycles. The number of pyridine rings is 1. The minimum absolute atomic E-state index is 0.147. The lowest BCUT2D eigenvalue weighted by molar-refractivity contribution is 0.0752. The Labute approximate surface area is 107 Å². The first-order valence-corrected chi connectivity index (χ1v) is 6.62. The van der Waals surface area contributed by atoms with E-state index in [1.165, 1.54) is 25.0 Å². The Bertz CT molecular complexity index is 422. The highest BCUT2D eigenvalue weighted by Crippen LogP contribution is 2.21. The van der Waals surface area contributed by atoms with E-state index >= 15 is 0 Å². The number of amides is 1. The summed E-state index contributed by atoms with van der Waals surface area (Å²) >= 11 is 0. The van der Waals surface area contributed by atoms with Crippen molar-refractivity contribution in [3.05, 3.63) is 29.8 Å². The first-order chi connectivity index (χ1) is 8.70. The summed E-state index contributed by atoms with van der Waals surface area (Å²) in [5.41, 5.74) is 0.213. The molecule has 0 saturated carbocycles. The van der Waals surface area contributed by atoms with E-state index in [4.69, 9.17) is 0 Å². The first-order valence-electron chi connectivity index (χ1n) is 6.62. The lowest BCUT2D eigenvalue weighted by Crippen LogP contribution is -2.32. The highest BCUT2D eigenvalue weighted by Gasteiger charge is 2.21. The van der Waals surface area contributed by atoms with E-state index in [9.17, 15) is 9.18 Å². The molecule has 0 spiro atoms. The van der Waals surface area contributed by atoms with Crippen LogP contribution in [0.1, 0.15) is 43.1 Å². The van der Waals surface area contributed by atoms with Crippen molar-refractivity contribution in [3.63, 3.8) is 0 Å². The normalized spacial score (nSPS) is 20.6. The van der Waals surface area contributed by atoms with Crippen LogP contribution in [0.5, 0.6) is 0 Å². The van der Waals surface area contributed by atoms with Gasteiger partial charge >= 0.3 is 0 Å². The molecule has 1 aliphatic rings. The molecule has 1 aromatic rings. The number of carbonyl (C=O) groups is 1. The Morgan fingerprint density at radius 2 is 2.28 bits per heavy atom. The molecule has 98 valence electrons. The van der Waals surface area contributed by atoms with E-state index in [0.29, 0.717) is 5.92 Å². The number of hydrogen-bond acceptors (Lipinski definition) is 2. The van der Waals surface area contributed by atoms with Gasteiger partial charge in [-0.2, -0.15) is 4.39 Å². The number of rotatable bonds is 2. The van der Waals surface area contributed by atoms with Gasteiger partial charge in [0.05, 0.1) is 0 Å². The van der Waals surface area contributed by atoms with Crippen molar-refractivity contribution in [1.82, 2.24) is 9.88 Å². The van der Waals surface area contributed by atoms with Crippen LogP contribution < -0.4 is 0 Å². The largest absolute Gasteiger partial charge is 0.337 e. The van der Waals surface area contributed by atoms with Crippen LogP contribution in [0.15, 0.2) is 18.2 Å². The van der Waals surface area contributed by atoms with Crippen molar-refractivity contribution in [2.45, 2.75) is 32.6 Å². The summed E-state index contributed by atoms with van der Waals surface area (Å²) in [7, 11) is 0. The summed E-state index contributed by atoms with van der Waals surface area (Å²) in [6.07, 6.45) is 4.41. The van der Waals surface area contributed by atoms with Gasteiger partial charge in [0.15, 0.2) is 0 Å². The van der Waals surface area contributed by atoms with Crippen molar-refractivity contribution in [3.8, 4) is 0 Å². The van der Waals surface area contributed by atoms with Crippen molar-refractivity contribution in [2.24, 2.45) is 5.92 Å². The van der Waals surface area contributed by atoms with Crippen LogP contribution in [0.4, 0.5) is 4.39 Å². The lowest BCUT2D eigenvalue weighted by atomic mass is 9.98. The lowest BCUT2D eigenvalue weighted by Gasteiger charge is -2.20. The molecule has 2 rings (SSSR count). The number of halogens is 1. The smallest absolute Gasteiger partial charge is 0.272 e. The molecule has 1 unspecified atom stereocenters. The van der Waals surface area contributed by atoms with E-state index in [1.807, 2.05) is 0 Å². The van der Waals surface area contributed by atoms with Crippen LogP contribution in [-0.4, -0.2) is 28.9 Å². The van der Waals surface area contributed by atoms with E-state index in [2.05, 4.69) is 11.9 Å². The maximum absolute atomic E-state index is 13.0. The highest BCUT2D eigenvalue weighted by molar-refractivity contribution is 5.92. The van der Waals surface area contributed by atoms with Crippen LogP contribution in [0, 0.1) is 11.9 Å². The van der Waals surface area contributed by atoms with Gasteiger partial charge in [0.25, 0.3) is 5.91 Å². The van der Waals surface area contributed by atoms with E-state index < -0.39 is 5.95 Å². The average Bonchev–Trinajstić information content (AvgIpc) is 2.63. The second-order valence-corrected chi connectivity index (χ2v) is 4.84. The van der Waals surface area contributed by atoms with Gasteiger partial charge in [-0.1, -0.05) is 19.4 Å². The molecule has 1 atom stereocenters. The molecule has 2 heterocycles. The third-order valence-electron chi connectivity index (χ3n) is 3.65. The van der Waals surface area contributed by atoms with Crippen LogP contribution in [0.3, 0.4) is 0 Å². The van der Waals surface area contributed by atoms with Crippen LogP contribution in [0.2, 0.25) is 0 Å². The van der Waals surface area contributed by atoms with Gasteiger partial charge in [0.2, 0.25) is 5.95 Å². The quantitative estimate of drug-likeness (QED) is 0.756. The Kier molecular flexibility index (Phi) is 4.28. The minimum atomic E-state index is -0.595. The molecule has 1 fully saturated rings. The summed E-state index contributed by atoms with van der Waals surface area (Å²) in [6, 6.07) is 4.36. The summed E-state index contributed by atoms with van der Waals surface area (Å²) in [5, 5.41) is 0. The Morgan fingerprint density at radius 3 is 3.00 bits per heavy atom.